The van der Waals surface area contributed by atoms with Gasteiger partial charge in [0, 0.05) is 11.9 Å². The van der Waals surface area contributed by atoms with Crippen molar-refractivity contribution in [3.8, 4) is 0 Å². The first-order chi connectivity index (χ1) is 10.0. The summed E-state index contributed by atoms with van der Waals surface area (Å²) >= 11 is 0. The number of anilines is 2. The van der Waals surface area contributed by atoms with E-state index >= 15 is 0 Å². The normalized spacial score (nSPS) is 9.95. The molecular weight excluding hydrogens is 270 g/mol. The largest absolute Gasteiger partial charge is 0.452 e. The second-order valence-electron chi connectivity index (χ2n) is 4.47. The molecule has 2 aromatic rings. The molecule has 1 amide bonds. The van der Waals surface area contributed by atoms with Crippen LogP contribution >= 0.6 is 0 Å². The van der Waals surface area contributed by atoms with E-state index in [1.165, 1.54) is 6.07 Å². The Kier molecular flexibility index (Phi) is 4.50. The highest BCUT2D eigenvalue weighted by Crippen LogP contribution is 2.08. The van der Waals surface area contributed by atoms with E-state index in [4.69, 9.17) is 10.5 Å². The van der Waals surface area contributed by atoms with Crippen LogP contribution in [-0.2, 0) is 9.53 Å². The second kappa shape index (κ2) is 6.51. The molecule has 108 valence electrons. The van der Waals surface area contributed by atoms with E-state index in [-0.39, 0.29) is 6.61 Å². The highest BCUT2D eigenvalue weighted by molar-refractivity contribution is 5.95. The quantitative estimate of drug-likeness (QED) is 0.659. The van der Waals surface area contributed by atoms with Crippen LogP contribution in [0.2, 0.25) is 0 Å². The van der Waals surface area contributed by atoms with Gasteiger partial charge in [-0.25, -0.2) is 9.78 Å². The third-order valence-electron chi connectivity index (χ3n) is 2.64. The lowest BCUT2D eigenvalue weighted by atomic mass is 10.2. The van der Waals surface area contributed by atoms with Crippen molar-refractivity contribution in [2.24, 2.45) is 0 Å². The molecule has 2 rings (SSSR count). The van der Waals surface area contributed by atoms with E-state index < -0.39 is 11.9 Å². The number of ether oxygens (including phenoxy) is 1. The molecule has 0 fully saturated rings. The lowest BCUT2D eigenvalue weighted by Crippen LogP contribution is -2.21. The topological polar surface area (TPSA) is 94.3 Å². The first-order valence-corrected chi connectivity index (χ1v) is 6.30. The first-order valence-electron chi connectivity index (χ1n) is 6.30. The van der Waals surface area contributed by atoms with Crippen molar-refractivity contribution in [3.63, 3.8) is 0 Å². The molecule has 1 aromatic heterocycles. The maximum atomic E-state index is 11.7. The fourth-order valence-corrected chi connectivity index (χ4v) is 1.66. The number of nitrogens with zero attached hydrogens (tertiary/aromatic N) is 1. The summed E-state index contributed by atoms with van der Waals surface area (Å²) in [7, 11) is 0. The average molecular weight is 285 g/mol. The fraction of sp³-hybridized carbons (Fsp3) is 0.133. The molecule has 0 aliphatic carbocycles. The van der Waals surface area contributed by atoms with Crippen LogP contribution in [0.5, 0.6) is 0 Å². The van der Waals surface area contributed by atoms with Gasteiger partial charge in [0.25, 0.3) is 5.91 Å². The number of carbonyl (C=O) groups excluding carboxylic acids is 2. The number of aromatic nitrogens is 1. The Morgan fingerprint density at radius 3 is 2.81 bits per heavy atom. The molecule has 3 N–H and O–H groups in total. The van der Waals surface area contributed by atoms with Crippen molar-refractivity contribution >= 4 is 23.4 Å². The molecule has 0 radical (unpaired) electrons. The van der Waals surface area contributed by atoms with Gasteiger partial charge in [0.1, 0.15) is 5.82 Å². The predicted octanol–water partition coefficient (Wildman–Crippen LogP) is 1.77. The van der Waals surface area contributed by atoms with Crippen LogP contribution in [-0.4, -0.2) is 23.5 Å². The molecule has 0 atom stereocenters. The number of esters is 1. The average Bonchev–Trinajstić information content (AvgIpc) is 2.45. The van der Waals surface area contributed by atoms with Gasteiger partial charge in [-0.1, -0.05) is 6.07 Å². The van der Waals surface area contributed by atoms with Gasteiger partial charge in [-0.15, -0.1) is 0 Å². The van der Waals surface area contributed by atoms with Crippen LogP contribution in [0.25, 0.3) is 0 Å². The molecule has 0 saturated carbocycles. The summed E-state index contributed by atoms with van der Waals surface area (Å²) in [6.07, 6.45) is 1.59. The highest BCUT2D eigenvalue weighted by atomic mass is 16.5. The van der Waals surface area contributed by atoms with E-state index in [1.807, 2.05) is 13.0 Å². The summed E-state index contributed by atoms with van der Waals surface area (Å²) in [5.74, 6) is -0.639. The van der Waals surface area contributed by atoms with Crippen molar-refractivity contribution in [2.75, 3.05) is 17.7 Å². The van der Waals surface area contributed by atoms with E-state index in [2.05, 4.69) is 10.3 Å². The van der Waals surface area contributed by atoms with Crippen molar-refractivity contribution < 1.29 is 14.3 Å². The van der Waals surface area contributed by atoms with Gasteiger partial charge < -0.3 is 15.8 Å². The zero-order chi connectivity index (χ0) is 15.2. The number of benzene rings is 1. The maximum absolute atomic E-state index is 11.7. The molecule has 21 heavy (non-hydrogen) atoms. The predicted molar refractivity (Wildman–Crippen MR) is 78.7 cm³/mol. The third kappa shape index (κ3) is 4.31. The molecule has 0 spiro atoms. The fourth-order valence-electron chi connectivity index (χ4n) is 1.66. The number of nitrogens with one attached hydrogen (secondary N) is 1. The molecule has 0 unspecified atom stereocenters. The number of hydrogen-bond donors (Lipinski definition) is 2. The van der Waals surface area contributed by atoms with Gasteiger partial charge in [-0.05, 0) is 42.8 Å². The third-order valence-corrected chi connectivity index (χ3v) is 2.64. The summed E-state index contributed by atoms with van der Waals surface area (Å²) in [6, 6.07) is 9.89. The standard InChI is InChI=1S/C15H15N3O3/c1-10-5-6-17-13(7-10)18-14(19)9-21-15(20)11-3-2-4-12(16)8-11/h2-8H,9,16H2,1H3,(H,17,18,19). The van der Waals surface area contributed by atoms with Crippen molar-refractivity contribution in [3.05, 3.63) is 53.7 Å². The Bertz CT molecular complexity index is 671. The van der Waals surface area contributed by atoms with Crippen LogP contribution in [0, 0.1) is 6.92 Å². The number of aryl methyl sites for hydroxylation is 1. The van der Waals surface area contributed by atoms with Gasteiger partial charge in [0.2, 0.25) is 0 Å². The summed E-state index contributed by atoms with van der Waals surface area (Å²) in [4.78, 5) is 27.4. The molecule has 6 heteroatoms. The van der Waals surface area contributed by atoms with Crippen LogP contribution in [0.4, 0.5) is 11.5 Å². The minimum atomic E-state index is -0.602. The SMILES string of the molecule is Cc1ccnc(NC(=O)COC(=O)c2cccc(N)c2)c1. The smallest absolute Gasteiger partial charge is 0.338 e. The van der Waals surface area contributed by atoms with E-state index in [9.17, 15) is 9.59 Å². The Balaban J connectivity index is 1.88. The minimum Gasteiger partial charge on any atom is -0.452 e. The number of rotatable bonds is 4. The number of carbonyl (C=O) groups is 2. The van der Waals surface area contributed by atoms with Gasteiger partial charge in [0.05, 0.1) is 5.56 Å². The molecule has 1 heterocycles. The molecule has 0 aliphatic heterocycles. The van der Waals surface area contributed by atoms with Gasteiger partial charge >= 0.3 is 5.97 Å². The Labute approximate surface area is 121 Å². The number of hydrogen-bond acceptors (Lipinski definition) is 5. The minimum absolute atomic E-state index is 0.302. The van der Waals surface area contributed by atoms with Crippen molar-refractivity contribution in [1.82, 2.24) is 4.98 Å². The van der Waals surface area contributed by atoms with Crippen molar-refractivity contribution in [2.45, 2.75) is 6.92 Å². The zero-order valence-corrected chi connectivity index (χ0v) is 11.5. The lowest BCUT2D eigenvalue weighted by molar-refractivity contribution is -0.119. The highest BCUT2D eigenvalue weighted by Gasteiger charge is 2.10. The van der Waals surface area contributed by atoms with Crippen molar-refractivity contribution in [1.29, 1.82) is 0 Å². The zero-order valence-electron chi connectivity index (χ0n) is 11.5. The molecule has 1 aromatic carbocycles. The maximum Gasteiger partial charge on any atom is 0.338 e. The molecule has 0 aliphatic rings. The monoisotopic (exact) mass is 285 g/mol. The van der Waals surface area contributed by atoms with E-state index in [0.717, 1.165) is 5.56 Å². The molecular formula is C15H15N3O3. The number of amides is 1. The Morgan fingerprint density at radius 2 is 2.10 bits per heavy atom. The van der Waals surface area contributed by atoms with E-state index in [0.29, 0.717) is 17.1 Å². The number of nitrogens with two attached hydrogens (primary N) is 1. The van der Waals surface area contributed by atoms with Gasteiger partial charge in [-0.2, -0.15) is 0 Å². The van der Waals surface area contributed by atoms with E-state index in [1.54, 1.807) is 30.5 Å². The number of pyridine rings is 1. The number of nitrogen functional groups attached to an aromatic ring is 1. The molecule has 0 bridgehead atoms. The summed E-state index contributed by atoms with van der Waals surface area (Å²) in [6.45, 7) is 1.50. The summed E-state index contributed by atoms with van der Waals surface area (Å²) in [5.41, 5.74) is 7.30. The van der Waals surface area contributed by atoms with Crippen LogP contribution in [0.1, 0.15) is 15.9 Å². The Morgan fingerprint density at radius 1 is 1.29 bits per heavy atom. The molecule has 0 saturated heterocycles. The summed E-state index contributed by atoms with van der Waals surface area (Å²) < 4.78 is 4.91. The van der Waals surface area contributed by atoms with Crippen LogP contribution in [0.15, 0.2) is 42.6 Å². The van der Waals surface area contributed by atoms with Gasteiger partial charge in [0.15, 0.2) is 6.61 Å². The van der Waals surface area contributed by atoms with Crippen LogP contribution in [0.3, 0.4) is 0 Å². The van der Waals surface area contributed by atoms with Crippen LogP contribution < -0.4 is 11.1 Å². The lowest BCUT2D eigenvalue weighted by Gasteiger charge is -2.06. The summed E-state index contributed by atoms with van der Waals surface area (Å²) in [5, 5.41) is 2.55. The second-order valence-corrected chi connectivity index (χ2v) is 4.47. The Hall–Kier alpha value is -2.89. The first kappa shape index (κ1) is 14.5. The van der Waals surface area contributed by atoms with Gasteiger partial charge in [-0.3, -0.25) is 4.79 Å². The molecule has 6 nitrogen and oxygen atoms in total.